The van der Waals surface area contributed by atoms with Gasteiger partial charge in [-0.1, -0.05) is 0 Å². The summed E-state index contributed by atoms with van der Waals surface area (Å²) in [4.78, 5) is 25.2. The average molecular weight is 408 g/mol. The van der Waals surface area contributed by atoms with Crippen molar-refractivity contribution < 1.29 is 14.3 Å². The highest BCUT2D eigenvalue weighted by Crippen LogP contribution is 2.20. The highest BCUT2D eigenvalue weighted by atomic mass is 127. The number of amides is 2. The Bertz CT molecular complexity index is 698. The van der Waals surface area contributed by atoms with Gasteiger partial charge in [0.25, 0.3) is 5.91 Å². The van der Waals surface area contributed by atoms with E-state index in [1.165, 1.54) is 0 Å². The van der Waals surface area contributed by atoms with Gasteiger partial charge in [0, 0.05) is 20.5 Å². The SMILES string of the molecule is O=C(Nc1ccc(I)cc1)c1ccc(N2CCOC2=O)cc1. The van der Waals surface area contributed by atoms with Crippen molar-refractivity contribution in [3.05, 3.63) is 57.7 Å². The average Bonchev–Trinajstić information content (AvgIpc) is 2.96. The molecule has 6 heteroatoms. The molecule has 1 aliphatic rings. The van der Waals surface area contributed by atoms with Crippen LogP contribution in [0.15, 0.2) is 48.5 Å². The molecule has 0 atom stereocenters. The van der Waals surface area contributed by atoms with Gasteiger partial charge in [-0.05, 0) is 71.1 Å². The largest absolute Gasteiger partial charge is 0.447 e. The Morgan fingerprint density at radius 1 is 1.09 bits per heavy atom. The van der Waals surface area contributed by atoms with Crippen LogP contribution in [-0.2, 0) is 4.74 Å². The lowest BCUT2D eigenvalue weighted by molar-refractivity contribution is 0.102. The normalized spacial score (nSPS) is 13.9. The number of rotatable bonds is 3. The minimum absolute atomic E-state index is 0.184. The van der Waals surface area contributed by atoms with Gasteiger partial charge < -0.3 is 10.1 Å². The molecule has 0 radical (unpaired) electrons. The van der Waals surface area contributed by atoms with Crippen molar-refractivity contribution in [3.63, 3.8) is 0 Å². The number of halogens is 1. The van der Waals surface area contributed by atoms with Crippen LogP contribution in [0.2, 0.25) is 0 Å². The van der Waals surface area contributed by atoms with Crippen molar-refractivity contribution in [2.45, 2.75) is 0 Å². The van der Waals surface area contributed by atoms with E-state index in [1.807, 2.05) is 24.3 Å². The van der Waals surface area contributed by atoms with E-state index in [0.29, 0.717) is 18.7 Å². The van der Waals surface area contributed by atoms with Crippen molar-refractivity contribution >= 4 is 46.0 Å². The monoisotopic (exact) mass is 408 g/mol. The van der Waals surface area contributed by atoms with Crippen molar-refractivity contribution in [1.82, 2.24) is 0 Å². The van der Waals surface area contributed by atoms with Crippen LogP contribution in [0.3, 0.4) is 0 Å². The number of benzene rings is 2. The van der Waals surface area contributed by atoms with E-state index in [-0.39, 0.29) is 12.0 Å². The number of carbonyl (C=O) groups excluding carboxylic acids is 2. The van der Waals surface area contributed by atoms with Crippen LogP contribution in [0.25, 0.3) is 0 Å². The Balaban J connectivity index is 1.70. The molecular weight excluding hydrogens is 395 g/mol. The summed E-state index contributed by atoms with van der Waals surface area (Å²) in [7, 11) is 0. The van der Waals surface area contributed by atoms with Gasteiger partial charge in [0.2, 0.25) is 0 Å². The third kappa shape index (κ3) is 3.22. The van der Waals surface area contributed by atoms with Crippen LogP contribution in [-0.4, -0.2) is 25.2 Å². The highest BCUT2D eigenvalue weighted by molar-refractivity contribution is 14.1. The summed E-state index contributed by atoms with van der Waals surface area (Å²) in [6.07, 6.45) is -0.351. The van der Waals surface area contributed by atoms with Gasteiger partial charge >= 0.3 is 6.09 Å². The van der Waals surface area contributed by atoms with Crippen LogP contribution < -0.4 is 10.2 Å². The summed E-state index contributed by atoms with van der Waals surface area (Å²) in [6, 6.07) is 14.5. The van der Waals surface area contributed by atoms with Crippen molar-refractivity contribution in [2.24, 2.45) is 0 Å². The quantitative estimate of drug-likeness (QED) is 0.792. The number of ether oxygens (including phenoxy) is 1. The molecule has 0 aliphatic carbocycles. The first-order valence-electron chi connectivity index (χ1n) is 6.75. The third-order valence-corrected chi connectivity index (χ3v) is 4.02. The van der Waals surface area contributed by atoms with Gasteiger partial charge in [-0.25, -0.2) is 4.79 Å². The number of hydrogen-bond donors (Lipinski definition) is 1. The first-order valence-corrected chi connectivity index (χ1v) is 7.82. The minimum atomic E-state index is -0.351. The zero-order chi connectivity index (χ0) is 15.5. The summed E-state index contributed by atoms with van der Waals surface area (Å²) in [5.41, 5.74) is 2.01. The number of nitrogens with one attached hydrogen (secondary N) is 1. The van der Waals surface area contributed by atoms with E-state index in [0.717, 1.165) is 14.9 Å². The number of hydrogen-bond acceptors (Lipinski definition) is 3. The zero-order valence-electron chi connectivity index (χ0n) is 11.6. The maximum atomic E-state index is 12.2. The van der Waals surface area contributed by atoms with E-state index in [2.05, 4.69) is 27.9 Å². The molecule has 1 aliphatic heterocycles. The molecule has 2 aromatic carbocycles. The maximum absolute atomic E-state index is 12.2. The molecule has 0 saturated carbocycles. The Kier molecular flexibility index (Phi) is 4.28. The predicted octanol–water partition coefficient (Wildman–Crippen LogP) is 3.50. The number of carbonyl (C=O) groups is 2. The Morgan fingerprint density at radius 3 is 2.36 bits per heavy atom. The molecule has 3 rings (SSSR count). The lowest BCUT2D eigenvalue weighted by Crippen LogP contribution is -2.23. The third-order valence-electron chi connectivity index (χ3n) is 3.30. The molecule has 0 bridgehead atoms. The molecule has 112 valence electrons. The lowest BCUT2D eigenvalue weighted by atomic mass is 10.2. The molecule has 1 N–H and O–H groups in total. The predicted molar refractivity (Wildman–Crippen MR) is 92.2 cm³/mol. The van der Waals surface area contributed by atoms with Crippen molar-refractivity contribution in [3.8, 4) is 0 Å². The zero-order valence-corrected chi connectivity index (χ0v) is 13.7. The Morgan fingerprint density at radius 2 is 1.77 bits per heavy atom. The second-order valence-electron chi connectivity index (χ2n) is 4.77. The summed E-state index contributed by atoms with van der Waals surface area (Å²) in [5.74, 6) is -0.184. The fraction of sp³-hybridized carbons (Fsp3) is 0.125. The molecule has 22 heavy (non-hydrogen) atoms. The summed E-state index contributed by atoms with van der Waals surface area (Å²) >= 11 is 2.21. The lowest BCUT2D eigenvalue weighted by Gasteiger charge is -2.13. The molecule has 0 spiro atoms. The Labute approximate surface area is 141 Å². The molecule has 1 fully saturated rings. The minimum Gasteiger partial charge on any atom is -0.447 e. The molecule has 1 heterocycles. The van der Waals surface area contributed by atoms with Gasteiger partial charge in [0.15, 0.2) is 0 Å². The van der Waals surface area contributed by atoms with Crippen LogP contribution in [0.5, 0.6) is 0 Å². The molecule has 1 saturated heterocycles. The number of nitrogens with zero attached hydrogens (tertiary/aromatic N) is 1. The van der Waals surface area contributed by atoms with Gasteiger partial charge in [-0.2, -0.15) is 0 Å². The number of cyclic esters (lactones) is 1. The van der Waals surface area contributed by atoms with E-state index >= 15 is 0 Å². The number of anilines is 2. The molecule has 5 nitrogen and oxygen atoms in total. The van der Waals surface area contributed by atoms with Gasteiger partial charge in [0.05, 0.1) is 6.54 Å². The fourth-order valence-electron chi connectivity index (χ4n) is 2.16. The molecule has 0 unspecified atom stereocenters. The maximum Gasteiger partial charge on any atom is 0.414 e. The first-order chi connectivity index (χ1) is 10.6. The standard InChI is InChI=1S/C16H13IN2O3/c17-12-3-5-13(6-4-12)18-15(20)11-1-7-14(8-2-11)19-9-10-22-16(19)21/h1-8H,9-10H2,(H,18,20). The van der Waals surface area contributed by atoms with E-state index < -0.39 is 0 Å². The summed E-state index contributed by atoms with van der Waals surface area (Å²) < 4.78 is 6.00. The van der Waals surface area contributed by atoms with Gasteiger partial charge in [-0.15, -0.1) is 0 Å². The molecular formula is C16H13IN2O3. The second-order valence-corrected chi connectivity index (χ2v) is 6.02. The second kappa shape index (κ2) is 6.35. The smallest absolute Gasteiger partial charge is 0.414 e. The van der Waals surface area contributed by atoms with E-state index in [1.54, 1.807) is 29.2 Å². The topological polar surface area (TPSA) is 58.6 Å². The van der Waals surface area contributed by atoms with Crippen LogP contribution >= 0.6 is 22.6 Å². The fourth-order valence-corrected chi connectivity index (χ4v) is 2.52. The summed E-state index contributed by atoms with van der Waals surface area (Å²) in [5, 5.41) is 2.84. The van der Waals surface area contributed by atoms with Gasteiger partial charge in [-0.3, -0.25) is 9.69 Å². The van der Waals surface area contributed by atoms with Crippen LogP contribution in [0.4, 0.5) is 16.2 Å². The van der Waals surface area contributed by atoms with Gasteiger partial charge in [0.1, 0.15) is 6.61 Å². The Hall–Kier alpha value is -2.09. The van der Waals surface area contributed by atoms with Crippen molar-refractivity contribution in [2.75, 3.05) is 23.4 Å². The van der Waals surface area contributed by atoms with E-state index in [9.17, 15) is 9.59 Å². The van der Waals surface area contributed by atoms with E-state index in [4.69, 9.17) is 4.74 Å². The van der Waals surface area contributed by atoms with Crippen LogP contribution in [0.1, 0.15) is 10.4 Å². The molecule has 0 aromatic heterocycles. The molecule has 2 aromatic rings. The first kappa shape index (κ1) is 14.8. The van der Waals surface area contributed by atoms with Crippen LogP contribution in [0, 0.1) is 3.57 Å². The highest BCUT2D eigenvalue weighted by Gasteiger charge is 2.23. The summed E-state index contributed by atoms with van der Waals surface area (Å²) in [6.45, 7) is 0.931. The van der Waals surface area contributed by atoms with Crippen molar-refractivity contribution in [1.29, 1.82) is 0 Å². The molecule has 2 amide bonds.